The maximum absolute atomic E-state index is 12.5. The molecule has 1 heterocycles. The molecular formula is C17H18F2N2O6. The second kappa shape index (κ2) is 8.97. The van der Waals surface area contributed by atoms with Crippen molar-refractivity contribution in [2.24, 2.45) is 0 Å². The van der Waals surface area contributed by atoms with Gasteiger partial charge in [-0.25, -0.2) is 14.4 Å². The predicted molar refractivity (Wildman–Crippen MR) is 88.1 cm³/mol. The molecule has 2 rings (SSSR count). The molecule has 0 radical (unpaired) electrons. The van der Waals surface area contributed by atoms with E-state index in [9.17, 15) is 23.2 Å². The highest BCUT2D eigenvalue weighted by atomic mass is 19.3. The molecule has 1 aliphatic heterocycles. The Hall–Kier alpha value is -3.17. The van der Waals surface area contributed by atoms with Gasteiger partial charge < -0.3 is 24.8 Å². The van der Waals surface area contributed by atoms with E-state index in [1.165, 1.54) is 24.3 Å². The number of alkyl halides is 2. The highest BCUT2D eigenvalue weighted by molar-refractivity contribution is 5.95. The number of esters is 2. The van der Waals surface area contributed by atoms with Crippen LogP contribution in [0.3, 0.4) is 0 Å². The largest absolute Gasteiger partial charge is 0.463 e. The number of amides is 2. The molecular weight excluding hydrogens is 366 g/mol. The molecule has 10 heteroatoms. The van der Waals surface area contributed by atoms with Gasteiger partial charge in [-0.05, 0) is 26.0 Å². The topological polar surface area (TPSA) is 103 Å². The normalized spacial score (nSPS) is 16.5. The van der Waals surface area contributed by atoms with Gasteiger partial charge >= 0.3 is 24.6 Å². The minimum atomic E-state index is -3.11. The lowest BCUT2D eigenvalue weighted by Gasteiger charge is -2.26. The lowest BCUT2D eigenvalue weighted by molar-refractivity contribution is -0.139. The molecule has 1 atom stereocenters. The first kappa shape index (κ1) is 20.1. The smallest absolute Gasteiger partial charge is 0.387 e. The maximum Gasteiger partial charge on any atom is 0.387 e. The third-order valence-corrected chi connectivity index (χ3v) is 3.54. The summed E-state index contributed by atoms with van der Waals surface area (Å²) in [6.07, 6.45) is 0. The fourth-order valence-electron chi connectivity index (χ4n) is 2.44. The number of ether oxygens (including phenoxy) is 3. The van der Waals surface area contributed by atoms with Crippen LogP contribution in [0.15, 0.2) is 35.5 Å². The second-order valence-corrected chi connectivity index (χ2v) is 5.38. The van der Waals surface area contributed by atoms with Gasteiger partial charge in [0.25, 0.3) is 0 Å². The molecule has 27 heavy (non-hydrogen) atoms. The van der Waals surface area contributed by atoms with Crippen LogP contribution in [0.25, 0.3) is 0 Å². The van der Waals surface area contributed by atoms with Gasteiger partial charge in [0.15, 0.2) is 0 Å². The van der Waals surface area contributed by atoms with Gasteiger partial charge in [-0.2, -0.15) is 8.78 Å². The Morgan fingerprint density at radius 1 is 1.19 bits per heavy atom. The number of hydrogen-bond acceptors (Lipinski definition) is 6. The molecule has 0 bridgehead atoms. The maximum atomic E-state index is 12.5. The summed E-state index contributed by atoms with van der Waals surface area (Å²) in [4.78, 5) is 36.0. The van der Waals surface area contributed by atoms with Gasteiger partial charge in [0.1, 0.15) is 17.9 Å². The minimum absolute atomic E-state index is 0.0466. The second-order valence-electron chi connectivity index (χ2n) is 5.38. The number of benzene rings is 1. The average Bonchev–Trinajstić information content (AvgIpc) is 2.59. The van der Waals surface area contributed by atoms with Crippen LogP contribution in [0, 0.1) is 0 Å². The summed E-state index contributed by atoms with van der Waals surface area (Å²) in [5.41, 5.74) is -0.0731. The van der Waals surface area contributed by atoms with E-state index < -0.39 is 37.2 Å². The number of carbonyl (C=O) groups is 3. The number of urea groups is 1. The zero-order valence-corrected chi connectivity index (χ0v) is 14.6. The Morgan fingerprint density at radius 2 is 1.89 bits per heavy atom. The van der Waals surface area contributed by atoms with Crippen molar-refractivity contribution in [2.45, 2.75) is 26.5 Å². The molecule has 146 valence electrons. The fourth-order valence-corrected chi connectivity index (χ4v) is 2.44. The first-order valence-corrected chi connectivity index (χ1v) is 8.02. The van der Waals surface area contributed by atoms with Crippen molar-refractivity contribution in [1.29, 1.82) is 0 Å². The first-order valence-electron chi connectivity index (χ1n) is 8.02. The molecule has 0 aromatic heterocycles. The number of para-hydroxylation sites is 1. The SMILES string of the molecule is CCOC(=O)C1=C(COC(=O)c2ccccc2OC(F)F)NC(=O)N[C@@H]1C. The monoisotopic (exact) mass is 384 g/mol. The van der Waals surface area contributed by atoms with E-state index in [-0.39, 0.29) is 29.2 Å². The number of halogens is 2. The van der Waals surface area contributed by atoms with Crippen molar-refractivity contribution in [3.8, 4) is 5.75 Å². The Bertz CT molecular complexity index is 766. The van der Waals surface area contributed by atoms with E-state index in [1.807, 2.05) is 0 Å². The van der Waals surface area contributed by atoms with Crippen LogP contribution >= 0.6 is 0 Å². The van der Waals surface area contributed by atoms with Gasteiger partial charge in [0.05, 0.1) is 23.9 Å². The van der Waals surface area contributed by atoms with Crippen LogP contribution in [0.2, 0.25) is 0 Å². The first-order chi connectivity index (χ1) is 12.8. The van der Waals surface area contributed by atoms with E-state index in [0.717, 1.165) is 0 Å². The Labute approximate surface area is 153 Å². The van der Waals surface area contributed by atoms with E-state index in [2.05, 4.69) is 15.4 Å². The standard InChI is InChI=1S/C17H18F2N2O6/c1-3-25-15(23)13-9(2)20-17(24)21-11(13)8-26-14(22)10-6-4-5-7-12(10)27-16(18)19/h4-7,9,16H,3,8H2,1-2H3,(H2,20,21,24)/t9-/m1/s1. The molecule has 0 aliphatic carbocycles. The molecule has 1 aromatic rings. The quantitative estimate of drug-likeness (QED) is 0.697. The van der Waals surface area contributed by atoms with Gasteiger partial charge in [0, 0.05) is 0 Å². The van der Waals surface area contributed by atoms with Crippen molar-refractivity contribution < 1.29 is 37.4 Å². The van der Waals surface area contributed by atoms with Crippen LogP contribution in [-0.2, 0) is 14.3 Å². The molecule has 0 saturated carbocycles. The predicted octanol–water partition coefficient (Wildman–Crippen LogP) is 1.96. The summed E-state index contributed by atoms with van der Waals surface area (Å²) in [5.74, 6) is -1.98. The Morgan fingerprint density at radius 3 is 2.56 bits per heavy atom. The van der Waals surface area contributed by atoms with Crippen LogP contribution in [0.4, 0.5) is 13.6 Å². The number of nitrogens with one attached hydrogen (secondary N) is 2. The molecule has 1 aromatic carbocycles. The molecule has 2 amide bonds. The lowest BCUT2D eigenvalue weighted by atomic mass is 10.0. The number of hydrogen-bond donors (Lipinski definition) is 2. The van der Waals surface area contributed by atoms with E-state index in [1.54, 1.807) is 13.8 Å². The van der Waals surface area contributed by atoms with Crippen molar-refractivity contribution >= 4 is 18.0 Å². The van der Waals surface area contributed by atoms with Crippen LogP contribution in [-0.4, -0.2) is 43.8 Å². The fraction of sp³-hybridized carbons (Fsp3) is 0.353. The van der Waals surface area contributed by atoms with Gasteiger partial charge in [-0.15, -0.1) is 0 Å². The molecule has 0 spiro atoms. The summed E-state index contributed by atoms with van der Waals surface area (Å²) < 4.78 is 39.2. The van der Waals surface area contributed by atoms with Gasteiger partial charge in [-0.1, -0.05) is 12.1 Å². The van der Waals surface area contributed by atoms with E-state index >= 15 is 0 Å². The summed E-state index contributed by atoms with van der Waals surface area (Å²) in [5, 5.41) is 4.89. The molecule has 1 aliphatic rings. The molecule has 0 unspecified atom stereocenters. The molecule has 8 nitrogen and oxygen atoms in total. The summed E-state index contributed by atoms with van der Waals surface area (Å²) >= 11 is 0. The molecule has 0 saturated heterocycles. The summed E-state index contributed by atoms with van der Waals surface area (Å²) in [7, 11) is 0. The van der Waals surface area contributed by atoms with Crippen molar-refractivity contribution in [3.05, 3.63) is 41.1 Å². The van der Waals surface area contributed by atoms with Crippen LogP contribution < -0.4 is 15.4 Å². The van der Waals surface area contributed by atoms with Gasteiger partial charge in [0.2, 0.25) is 0 Å². The summed E-state index contributed by atoms with van der Waals surface area (Å²) in [6.45, 7) is -0.264. The van der Waals surface area contributed by atoms with Gasteiger partial charge in [-0.3, -0.25) is 0 Å². The highest BCUT2D eigenvalue weighted by Crippen LogP contribution is 2.22. The van der Waals surface area contributed by atoms with E-state index in [4.69, 9.17) is 9.47 Å². The average molecular weight is 384 g/mol. The highest BCUT2D eigenvalue weighted by Gasteiger charge is 2.30. The Balaban J connectivity index is 2.20. The number of carbonyl (C=O) groups excluding carboxylic acids is 3. The van der Waals surface area contributed by atoms with Crippen molar-refractivity contribution in [3.63, 3.8) is 0 Å². The van der Waals surface area contributed by atoms with E-state index in [0.29, 0.717) is 0 Å². The third kappa shape index (κ3) is 5.16. The molecule has 0 fully saturated rings. The Kier molecular flexibility index (Phi) is 6.69. The number of rotatable bonds is 7. The zero-order chi connectivity index (χ0) is 20.0. The summed E-state index contributed by atoms with van der Waals surface area (Å²) in [6, 6.07) is 4.08. The van der Waals surface area contributed by atoms with Crippen LogP contribution in [0.5, 0.6) is 5.75 Å². The van der Waals surface area contributed by atoms with Crippen LogP contribution in [0.1, 0.15) is 24.2 Å². The third-order valence-electron chi connectivity index (χ3n) is 3.54. The lowest BCUT2D eigenvalue weighted by Crippen LogP contribution is -2.50. The van der Waals surface area contributed by atoms with Crippen molar-refractivity contribution in [1.82, 2.24) is 10.6 Å². The molecule has 2 N–H and O–H groups in total. The zero-order valence-electron chi connectivity index (χ0n) is 14.6. The van der Waals surface area contributed by atoms with Crippen molar-refractivity contribution in [2.75, 3.05) is 13.2 Å². The minimum Gasteiger partial charge on any atom is -0.463 e.